The third-order valence-corrected chi connectivity index (χ3v) is 3.23. The molecule has 0 fully saturated rings. The lowest BCUT2D eigenvalue weighted by Crippen LogP contribution is -2.43. The summed E-state index contributed by atoms with van der Waals surface area (Å²) in [6, 6.07) is 4.05. The van der Waals surface area contributed by atoms with Gasteiger partial charge < -0.3 is 20.1 Å². The number of halogens is 1. The minimum absolute atomic E-state index is 0.161. The highest BCUT2D eigenvalue weighted by Gasteiger charge is 2.20. The van der Waals surface area contributed by atoms with Crippen LogP contribution in [0.1, 0.15) is 18.9 Å². The zero-order valence-corrected chi connectivity index (χ0v) is 12.8. The Labute approximate surface area is 124 Å². The second-order valence-electron chi connectivity index (χ2n) is 4.71. The summed E-state index contributed by atoms with van der Waals surface area (Å²) >= 11 is 0. The van der Waals surface area contributed by atoms with Crippen LogP contribution in [0, 0.1) is 5.82 Å². The maximum Gasteiger partial charge on any atom is 0.239 e. The van der Waals surface area contributed by atoms with Gasteiger partial charge in [0.1, 0.15) is 0 Å². The fraction of sp³-hybridized carbons (Fsp3) is 0.533. The first-order valence-electron chi connectivity index (χ1n) is 6.89. The van der Waals surface area contributed by atoms with Crippen LogP contribution in [0.3, 0.4) is 0 Å². The van der Waals surface area contributed by atoms with E-state index in [1.807, 2.05) is 6.92 Å². The molecule has 21 heavy (non-hydrogen) atoms. The molecule has 5 nitrogen and oxygen atoms in total. The average Bonchev–Trinajstić information content (AvgIpc) is 2.49. The van der Waals surface area contributed by atoms with Crippen molar-refractivity contribution in [3.05, 3.63) is 29.6 Å². The Kier molecular flexibility index (Phi) is 7.11. The molecular formula is C15H23FN2O3. The van der Waals surface area contributed by atoms with Crippen LogP contribution >= 0.6 is 0 Å². The SMILES string of the molecule is CCN(Cc1ccc(OC)c(F)c1)C(=O)C(N)CCOC. The molecule has 2 N–H and O–H groups in total. The van der Waals surface area contributed by atoms with E-state index in [9.17, 15) is 9.18 Å². The highest BCUT2D eigenvalue weighted by atomic mass is 19.1. The van der Waals surface area contributed by atoms with E-state index in [1.165, 1.54) is 13.2 Å². The molecule has 1 unspecified atom stereocenters. The first-order valence-corrected chi connectivity index (χ1v) is 6.89. The third kappa shape index (κ3) is 4.99. The predicted octanol–water partition coefficient (Wildman–Crippen LogP) is 1.55. The largest absolute Gasteiger partial charge is 0.494 e. The van der Waals surface area contributed by atoms with Crippen molar-refractivity contribution in [3.8, 4) is 5.75 Å². The normalized spacial score (nSPS) is 12.0. The van der Waals surface area contributed by atoms with Gasteiger partial charge in [-0.15, -0.1) is 0 Å². The lowest BCUT2D eigenvalue weighted by atomic mass is 10.1. The molecule has 0 radical (unpaired) electrons. The van der Waals surface area contributed by atoms with E-state index in [0.717, 1.165) is 0 Å². The van der Waals surface area contributed by atoms with E-state index < -0.39 is 11.9 Å². The van der Waals surface area contributed by atoms with Crippen molar-refractivity contribution in [2.45, 2.75) is 25.9 Å². The van der Waals surface area contributed by atoms with Crippen molar-refractivity contribution in [2.75, 3.05) is 27.4 Å². The highest BCUT2D eigenvalue weighted by molar-refractivity contribution is 5.81. The molecule has 1 aromatic carbocycles. The van der Waals surface area contributed by atoms with Gasteiger partial charge in [-0.3, -0.25) is 4.79 Å². The van der Waals surface area contributed by atoms with Crippen LogP contribution < -0.4 is 10.5 Å². The molecule has 1 amide bonds. The van der Waals surface area contributed by atoms with Gasteiger partial charge in [-0.1, -0.05) is 6.07 Å². The molecule has 0 saturated carbocycles. The number of benzene rings is 1. The monoisotopic (exact) mass is 298 g/mol. The summed E-state index contributed by atoms with van der Waals surface area (Å²) in [4.78, 5) is 13.8. The molecule has 1 rings (SSSR count). The number of methoxy groups -OCH3 is 2. The minimum atomic E-state index is -0.604. The highest BCUT2D eigenvalue weighted by Crippen LogP contribution is 2.19. The van der Waals surface area contributed by atoms with Gasteiger partial charge in [0.25, 0.3) is 0 Å². The summed E-state index contributed by atoms with van der Waals surface area (Å²) in [5, 5.41) is 0. The van der Waals surface area contributed by atoms with Crippen LogP contribution in [-0.2, 0) is 16.1 Å². The van der Waals surface area contributed by atoms with Crippen molar-refractivity contribution >= 4 is 5.91 Å². The summed E-state index contributed by atoms with van der Waals surface area (Å²) in [5.41, 5.74) is 6.54. The summed E-state index contributed by atoms with van der Waals surface area (Å²) in [6.07, 6.45) is 0.461. The van der Waals surface area contributed by atoms with Crippen LogP contribution in [0.5, 0.6) is 5.75 Å². The summed E-state index contributed by atoms with van der Waals surface area (Å²) in [7, 11) is 2.98. The van der Waals surface area contributed by atoms with Gasteiger partial charge in [-0.2, -0.15) is 0 Å². The van der Waals surface area contributed by atoms with E-state index in [-0.39, 0.29) is 11.7 Å². The Morgan fingerprint density at radius 3 is 2.67 bits per heavy atom. The van der Waals surface area contributed by atoms with Crippen LogP contribution in [0.4, 0.5) is 4.39 Å². The van der Waals surface area contributed by atoms with E-state index in [1.54, 1.807) is 24.1 Å². The van der Waals surface area contributed by atoms with Crippen molar-refractivity contribution in [3.63, 3.8) is 0 Å². The smallest absolute Gasteiger partial charge is 0.239 e. The number of hydrogen-bond acceptors (Lipinski definition) is 4. The zero-order valence-electron chi connectivity index (χ0n) is 12.8. The van der Waals surface area contributed by atoms with Crippen LogP contribution in [-0.4, -0.2) is 44.2 Å². The first kappa shape index (κ1) is 17.4. The summed E-state index contributed by atoms with van der Waals surface area (Å²) < 4.78 is 23.5. The second kappa shape index (κ2) is 8.59. The van der Waals surface area contributed by atoms with E-state index >= 15 is 0 Å². The van der Waals surface area contributed by atoms with Crippen molar-refractivity contribution < 1.29 is 18.7 Å². The molecule has 0 aliphatic rings. The van der Waals surface area contributed by atoms with Gasteiger partial charge in [0.15, 0.2) is 11.6 Å². The molecule has 0 heterocycles. The molecule has 0 aromatic heterocycles. The molecule has 118 valence electrons. The summed E-state index contributed by atoms with van der Waals surface area (Å²) in [5.74, 6) is -0.419. The number of carbonyl (C=O) groups excluding carboxylic acids is 1. The number of hydrogen-bond donors (Lipinski definition) is 1. The predicted molar refractivity (Wildman–Crippen MR) is 78.5 cm³/mol. The molecule has 0 aliphatic heterocycles. The standard InChI is InChI=1S/C15H23FN2O3/c1-4-18(15(19)13(17)7-8-20-2)10-11-5-6-14(21-3)12(16)9-11/h5-6,9,13H,4,7-8,10,17H2,1-3H3. The zero-order chi connectivity index (χ0) is 15.8. The molecular weight excluding hydrogens is 275 g/mol. The molecule has 6 heteroatoms. The number of ether oxygens (including phenoxy) is 2. The van der Waals surface area contributed by atoms with Crippen LogP contribution in [0.15, 0.2) is 18.2 Å². The summed E-state index contributed by atoms with van der Waals surface area (Å²) in [6.45, 7) is 3.12. The van der Waals surface area contributed by atoms with E-state index in [0.29, 0.717) is 31.7 Å². The number of nitrogens with two attached hydrogens (primary N) is 1. The fourth-order valence-electron chi connectivity index (χ4n) is 1.98. The number of carbonyl (C=O) groups is 1. The molecule has 0 bridgehead atoms. The minimum Gasteiger partial charge on any atom is -0.494 e. The number of likely N-dealkylation sites (N-methyl/N-ethyl adjacent to an activating group) is 1. The maximum absolute atomic E-state index is 13.7. The van der Waals surface area contributed by atoms with Crippen molar-refractivity contribution in [1.82, 2.24) is 4.90 Å². The Hall–Kier alpha value is -1.66. The van der Waals surface area contributed by atoms with Crippen molar-refractivity contribution in [2.24, 2.45) is 5.73 Å². The van der Waals surface area contributed by atoms with Gasteiger partial charge in [0.05, 0.1) is 13.2 Å². The first-order chi connectivity index (χ1) is 10.0. The van der Waals surface area contributed by atoms with Gasteiger partial charge >= 0.3 is 0 Å². The Balaban J connectivity index is 2.73. The molecule has 0 spiro atoms. The lowest BCUT2D eigenvalue weighted by Gasteiger charge is -2.24. The Morgan fingerprint density at radius 1 is 1.43 bits per heavy atom. The molecule has 1 aromatic rings. The second-order valence-corrected chi connectivity index (χ2v) is 4.71. The Morgan fingerprint density at radius 2 is 2.14 bits per heavy atom. The quantitative estimate of drug-likeness (QED) is 0.791. The number of nitrogens with zero attached hydrogens (tertiary/aromatic N) is 1. The Bertz CT molecular complexity index is 468. The van der Waals surface area contributed by atoms with Crippen LogP contribution in [0.2, 0.25) is 0 Å². The topological polar surface area (TPSA) is 64.8 Å². The van der Waals surface area contributed by atoms with Gasteiger partial charge in [-0.25, -0.2) is 4.39 Å². The maximum atomic E-state index is 13.7. The molecule has 1 atom stereocenters. The fourth-order valence-corrected chi connectivity index (χ4v) is 1.98. The number of rotatable bonds is 8. The van der Waals surface area contributed by atoms with Crippen molar-refractivity contribution in [1.29, 1.82) is 0 Å². The van der Waals surface area contributed by atoms with Gasteiger partial charge in [-0.05, 0) is 31.0 Å². The van der Waals surface area contributed by atoms with Gasteiger partial charge in [0, 0.05) is 26.8 Å². The van der Waals surface area contributed by atoms with Gasteiger partial charge in [0.2, 0.25) is 5.91 Å². The van der Waals surface area contributed by atoms with E-state index in [2.05, 4.69) is 0 Å². The lowest BCUT2D eigenvalue weighted by molar-refractivity contribution is -0.133. The molecule has 0 aliphatic carbocycles. The number of amides is 1. The molecule has 0 saturated heterocycles. The van der Waals surface area contributed by atoms with E-state index in [4.69, 9.17) is 15.2 Å². The van der Waals surface area contributed by atoms with Crippen LogP contribution in [0.25, 0.3) is 0 Å². The average molecular weight is 298 g/mol. The third-order valence-electron chi connectivity index (χ3n) is 3.23.